The summed E-state index contributed by atoms with van der Waals surface area (Å²) in [6.45, 7) is 4.09. The Hall–Kier alpha value is -0.910. The van der Waals surface area contributed by atoms with Crippen LogP contribution in [0.5, 0.6) is 0 Å². The van der Waals surface area contributed by atoms with Crippen molar-refractivity contribution in [2.45, 2.75) is 31.4 Å². The summed E-state index contributed by atoms with van der Waals surface area (Å²) in [5.74, 6) is 0.172. The maximum atomic E-state index is 12.6. The van der Waals surface area contributed by atoms with E-state index in [0.29, 0.717) is 6.61 Å². The Bertz CT molecular complexity index is 462. The van der Waals surface area contributed by atoms with Crippen LogP contribution in [-0.4, -0.2) is 54.6 Å². The van der Waals surface area contributed by atoms with Gasteiger partial charge in [0.2, 0.25) is 0 Å². The first-order valence-corrected chi connectivity index (χ1v) is 8.22. The lowest BCUT2D eigenvalue weighted by Crippen LogP contribution is -2.59. The lowest BCUT2D eigenvalue weighted by Gasteiger charge is -2.42. The van der Waals surface area contributed by atoms with Crippen LogP contribution >= 0.6 is 11.3 Å². The predicted octanol–water partition coefficient (Wildman–Crippen LogP) is 1.96. The summed E-state index contributed by atoms with van der Waals surface area (Å²) < 4.78 is 5.99. The van der Waals surface area contributed by atoms with Crippen LogP contribution in [0.25, 0.3) is 0 Å². The summed E-state index contributed by atoms with van der Waals surface area (Å²) in [5.41, 5.74) is -0.596. The van der Waals surface area contributed by atoms with Gasteiger partial charge in [-0.05, 0) is 30.7 Å². The van der Waals surface area contributed by atoms with Gasteiger partial charge in [0.25, 0.3) is 5.91 Å². The molecule has 4 nitrogen and oxygen atoms in total. The number of carbonyl (C=O) groups is 1. The molecular formula is C15H22N2O2S. The van der Waals surface area contributed by atoms with Crippen LogP contribution in [0.15, 0.2) is 17.5 Å². The van der Waals surface area contributed by atoms with Crippen LogP contribution in [0.2, 0.25) is 0 Å². The number of ether oxygens (including phenoxy) is 1. The zero-order chi connectivity index (χ0) is 14.0. The SMILES string of the molecule is CN1CCCCC2(CN(Cc3cccs3)CCO2)C1=O. The van der Waals surface area contributed by atoms with Crippen LogP contribution in [-0.2, 0) is 16.1 Å². The standard InChI is InChI=1S/C15H22N2O2S/c1-16-7-3-2-6-15(14(16)18)12-17(8-9-19-15)11-13-5-4-10-20-13/h4-5,10H,2-3,6-9,11-12H2,1H3. The molecule has 1 aromatic heterocycles. The van der Waals surface area contributed by atoms with Gasteiger partial charge in [0.05, 0.1) is 6.61 Å². The first-order valence-electron chi connectivity index (χ1n) is 7.34. The minimum Gasteiger partial charge on any atom is -0.362 e. The number of likely N-dealkylation sites (N-methyl/N-ethyl adjacent to an activating group) is 1. The van der Waals surface area contributed by atoms with E-state index >= 15 is 0 Å². The highest BCUT2D eigenvalue weighted by Crippen LogP contribution is 2.30. The zero-order valence-corrected chi connectivity index (χ0v) is 12.8. The first-order chi connectivity index (χ1) is 9.70. The Labute approximate surface area is 124 Å². The normalized spacial score (nSPS) is 28.9. The number of nitrogens with zero attached hydrogens (tertiary/aromatic N) is 2. The van der Waals surface area contributed by atoms with Gasteiger partial charge in [-0.15, -0.1) is 11.3 Å². The largest absolute Gasteiger partial charge is 0.362 e. The van der Waals surface area contributed by atoms with Crippen LogP contribution in [0, 0.1) is 0 Å². The molecule has 0 aliphatic carbocycles. The van der Waals surface area contributed by atoms with E-state index in [2.05, 4.69) is 22.4 Å². The van der Waals surface area contributed by atoms with Crippen molar-refractivity contribution in [1.29, 1.82) is 0 Å². The summed E-state index contributed by atoms with van der Waals surface area (Å²) in [7, 11) is 1.90. The van der Waals surface area contributed by atoms with Crippen molar-refractivity contribution in [3.8, 4) is 0 Å². The lowest BCUT2D eigenvalue weighted by molar-refractivity contribution is -0.169. The van der Waals surface area contributed by atoms with E-state index in [-0.39, 0.29) is 5.91 Å². The molecule has 5 heteroatoms. The quantitative estimate of drug-likeness (QED) is 0.836. The smallest absolute Gasteiger partial charge is 0.255 e. The van der Waals surface area contributed by atoms with Gasteiger partial charge in [0, 0.05) is 38.1 Å². The van der Waals surface area contributed by atoms with E-state index in [1.165, 1.54) is 4.88 Å². The van der Waals surface area contributed by atoms with E-state index in [1.807, 2.05) is 11.9 Å². The third-order valence-corrected chi connectivity index (χ3v) is 5.15. The van der Waals surface area contributed by atoms with E-state index in [1.54, 1.807) is 11.3 Å². The van der Waals surface area contributed by atoms with Crippen molar-refractivity contribution in [3.05, 3.63) is 22.4 Å². The highest BCUT2D eigenvalue weighted by molar-refractivity contribution is 7.09. The molecule has 3 rings (SSSR count). The Balaban J connectivity index is 1.73. The fraction of sp³-hybridized carbons (Fsp3) is 0.667. The maximum Gasteiger partial charge on any atom is 0.255 e. The lowest BCUT2D eigenvalue weighted by atomic mass is 9.94. The average Bonchev–Trinajstić information content (AvgIpc) is 2.91. The number of thiophene rings is 1. The number of hydrogen-bond donors (Lipinski definition) is 0. The highest BCUT2D eigenvalue weighted by Gasteiger charge is 2.45. The summed E-state index contributed by atoms with van der Waals surface area (Å²) in [6.07, 6.45) is 3.01. The molecule has 3 heterocycles. The second-order valence-electron chi connectivity index (χ2n) is 5.82. The second kappa shape index (κ2) is 5.84. The minimum atomic E-state index is -0.596. The third-order valence-electron chi connectivity index (χ3n) is 4.29. The molecular weight excluding hydrogens is 272 g/mol. The number of amides is 1. The molecule has 2 aliphatic rings. The van der Waals surface area contributed by atoms with E-state index in [0.717, 1.165) is 45.4 Å². The molecule has 0 saturated carbocycles. The molecule has 110 valence electrons. The molecule has 1 atom stereocenters. The molecule has 0 bridgehead atoms. The van der Waals surface area contributed by atoms with Gasteiger partial charge in [-0.1, -0.05) is 6.07 Å². The number of hydrogen-bond acceptors (Lipinski definition) is 4. The number of likely N-dealkylation sites (tertiary alicyclic amines) is 1. The summed E-state index contributed by atoms with van der Waals surface area (Å²) >= 11 is 1.78. The summed E-state index contributed by atoms with van der Waals surface area (Å²) in [4.78, 5) is 18.2. The Morgan fingerprint density at radius 2 is 2.30 bits per heavy atom. The average molecular weight is 294 g/mol. The van der Waals surface area contributed by atoms with Crippen molar-refractivity contribution >= 4 is 17.2 Å². The van der Waals surface area contributed by atoms with Crippen LogP contribution < -0.4 is 0 Å². The fourth-order valence-electron chi connectivity index (χ4n) is 3.21. The van der Waals surface area contributed by atoms with Gasteiger partial charge >= 0.3 is 0 Å². The molecule has 1 aromatic rings. The first kappa shape index (κ1) is 14.0. The molecule has 1 spiro atoms. The van der Waals surface area contributed by atoms with Crippen molar-refractivity contribution in [3.63, 3.8) is 0 Å². The van der Waals surface area contributed by atoms with E-state index in [4.69, 9.17) is 4.74 Å². The molecule has 0 radical (unpaired) electrons. The fourth-order valence-corrected chi connectivity index (χ4v) is 3.96. The third kappa shape index (κ3) is 2.75. The minimum absolute atomic E-state index is 0.172. The van der Waals surface area contributed by atoms with E-state index < -0.39 is 5.60 Å². The molecule has 0 aromatic carbocycles. The number of morpholine rings is 1. The Kier molecular flexibility index (Phi) is 4.10. The maximum absolute atomic E-state index is 12.6. The Morgan fingerprint density at radius 3 is 3.10 bits per heavy atom. The van der Waals surface area contributed by atoms with Crippen LogP contribution in [0.3, 0.4) is 0 Å². The number of rotatable bonds is 2. The van der Waals surface area contributed by atoms with Gasteiger partial charge in [-0.3, -0.25) is 9.69 Å². The molecule has 2 saturated heterocycles. The van der Waals surface area contributed by atoms with Gasteiger partial charge < -0.3 is 9.64 Å². The van der Waals surface area contributed by atoms with E-state index in [9.17, 15) is 4.79 Å². The molecule has 20 heavy (non-hydrogen) atoms. The van der Waals surface area contributed by atoms with Crippen LogP contribution in [0.4, 0.5) is 0 Å². The molecule has 0 N–H and O–H groups in total. The van der Waals surface area contributed by atoms with Gasteiger partial charge in [0.1, 0.15) is 0 Å². The van der Waals surface area contributed by atoms with Crippen molar-refractivity contribution in [2.24, 2.45) is 0 Å². The Morgan fingerprint density at radius 1 is 1.40 bits per heavy atom. The van der Waals surface area contributed by atoms with Crippen molar-refractivity contribution in [2.75, 3.05) is 33.3 Å². The predicted molar refractivity (Wildman–Crippen MR) is 79.8 cm³/mol. The highest BCUT2D eigenvalue weighted by atomic mass is 32.1. The summed E-state index contributed by atoms with van der Waals surface area (Å²) in [6, 6.07) is 4.24. The summed E-state index contributed by atoms with van der Waals surface area (Å²) in [5, 5.41) is 2.11. The van der Waals surface area contributed by atoms with Crippen molar-refractivity contribution < 1.29 is 9.53 Å². The molecule has 1 amide bonds. The molecule has 2 fully saturated rings. The van der Waals surface area contributed by atoms with Crippen LogP contribution in [0.1, 0.15) is 24.1 Å². The molecule has 2 aliphatic heterocycles. The monoisotopic (exact) mass is 294 g/mol. The second-order valence-corrected chi connectivity index (χ2v) is 6.85. The van der Waals surface area contributed by atoms with Gasteiger partial charge in [0.15, 0.2) is 5.60 Å². The van der Waals surface area contributed by atoms with Gasteiger partial charge in [-0.2, -0.15) is 0 Å². The molecule has 1 unspecified atom stereocenters. The van der Waals surface area contributed by atoms with Gasteiger partial charge in [-0.25, -0.2) is 0 Å². The zero-order valence-electron chi connectivity index (χ0n) is 12.0. The topological polar surface area (TPSA) is 32.8 Å². The number of carbonyl (C=O) groups excluding carboxylic acids is 1. The van der Waals surface area contributed by atoms with Crippen molar-refractivity contribution in [1.82, 2.24) is 9.80 Å².